The Hall–Kier alpha value is -2.06. The zero-order chi connectivity index (χ0) is 20.1. The van der Waals surface area contributed by atoms with Gasteiger partial charge in [-0.05, 0) is 31.9 Å². The predicted molar refractivity (Wildman–Crippen MR) is 108 cm³/mol. The van der Waals surface area contributed by atoms with Crippen LogP contribution in [0.3, 0.4) is 0 Å². The first-order chi connectivity index (χ1) is 13.3. The first-order valence-electron chi connectivity index (χ1n) is 9.44. The maximum Gasteiger partial charge on any atom is 0.257 e. The van der Waals surface area contributed by atoms with Crippen molar-refractivity contribution in [1.29, 1.82) is 0 Å². The van der Waals surface area contributed by atoms with Gasteiger partial charge in [0.2, 0.25) is 0 Å². The second-order valence-corrected chi connectivity index (χ2v) is 9.97. The molecule has 0 radical (unpaired) electrons. The minimum absolute atomic E-state index is 0.0474. The van der Waals surface area contributed by atoms with E-state index in [1.54, 1.807) is 9.58 Å². The van der Waals surface area contributed by atoms with Crippen LogP contribution in [0.1, 0.15) is 53.6 Å². The molecule has 1 aromatic carbocycles. The lowest BCUT2D eigenvalue weighted by molar-refractivity contribution is 0.0683. The molecule has 1 saturated heterocycles. The molecule has 0 unspecified atom stereocenters. The van der Waals surface area contributed by atoms with Crippen molar-refractivity contribution in [2.75, 3.05) is 23.4 Å². The molecule has 2 aliphatic rings. The van der Waals surface area contributed by atoms with E-state index in [0.29, 0.717) is 29.4 Å². The molecule has 9 heteroatoms. The fourth-order valence-corrected chi connectivity index (χ4v) is 6.15. The number of anilines is 1. The van der Waals surface area contributed by atoms with Crippen LogP contribution in [-0.4, -0.2) is 47.1 Å². The zero-order valence-corrected chi connectivity index (χ0v) is 17.4. The lowest BCUT2D eigenvalue weighted by Crippen LogP contribution is -2.43. The van der Waals surface area contributed by atoms with E-state index >= 15 is 0 Å². The number of aryl methyl sites for hydroxylation is 1. The van der Waals surface area contributed by atoms with Crippen LogP contribution in [-0.2, 0) is 9.84 Å². The number of sulfone groups is 1. The van der Waals surface area contributed by atoms with E-state index < -0.39 is 16.0 Å². The third-order valence-electron chi connectivity index (χ3n) is 5.39. The molecule has 0 saturated carbocycles. The first kappa shape index (κ1) is 19.3. The summed E-state index contributed by atoms with van der Waals surface area (Å²) in [5, 5.41) is 8.37. The van der Waals surface area contributed by atoms with Crippen molar-refractivity contribution in [2.45, 2.75) is 38.9 Å². The van der Waals surface area contributed by atoms with Crippen molar-refractivity contribution in [2.24, 2.45) is 0 Å². The quantitative estimate of drug-likeness (QED) is 0.817. The van der Waals surface area contributed by atoms with Gasteiger partial charge in [-0.3, -0.25) is 4.79 Å². The summed E-state index contributed by atoms with van der Waals surface area (Å²) < 4.78 is 25.4. The molecule has 7 nitrogen and oxygen atoms in total. The van der Waals surface area contributed by atoms with Crippen molar-refractivity contribution in [1.82, 2.24) is 14.7 Å². The molecule has 1 N–H and O–H groups in total. The van der Waals surface area contributed by atoms with E-state index in [0.717, 1.165) is 17.7 Å². The Kier molecular flexibility index (Phi) is 4.87. The van der Waals surface area contributed by atoms with Gasteiger partial charge in [0.15, 0.2) is 9.84 Å². The van der Waals surface area contributed by atoms with Gasteiger partial charge in [-0.15, -0.1) is 0 Å². The molecule has 4 rings (SSSR count). The molecule has 2 aliphatic heterocycles. The summed E-state index contributed by atoms with van der Waals surface area (Å²) in [6.45, 7) is 4.44. The van der Waals surface area contributed by atoms with Crippen molar-refractivity contribution in [3.05, 3.63) is 46.2 Å². The average Bonchev–Trinajstić information content (AvgIpc) is 3.16. The largest absolute Gasteiger partial charge is 0.361 e. The number of fused-ring (bicyclic) bond motifs is 1. The van der Waals surface area contributed by atoms with Crippen LogP contribution in [0.5, 0.6) is 0 Å². The van der Waals surface area contributed by atoms with Crippen LogP contribution in [0.4, 0.5) is 5.69 Å². The first-order valence-corrected chi connectivity index (χ1v) is 11.6. The topological polar surface area (TPSA) is 84.3 Å². The standard InChI is InChI=1S/C19H23ClN4O3S/c1-3-9-23-18(21-15-7-5-4-6-14(15)19(23)25)16-12(2)22-24(17(16)20)13-8-10-28(26,27)11-13/h4-7,13,18,21H,3,8-11H2,1-2H3/t13-,18-/m0/s1. The number of aromatic nitrogens is 2. The Morgan fingerprint density at radius 3 is 2.75 bits per heavy atom. The Bertz CT molecular complexity index is 1030. The maximum absolute atomic E-state index is 13.1. The molecular formula is C19H23ClN4O3S. The maximum atomic E-state index is 13.1. The summed E-state index contributed by atoms with van der Waals surface area (Å²) in [5.74, 6) is 0.150. The highest BCUT2D eigenvalue weighted by Gasteiger charge is 2.38. The van der Waals surface area contributed by atoms with E-state index in [4.69, 9.17) is 11.6 Å². The molecule has 1 aromatic heterocycles. The van der Waals surface area contributed by atoms with Crippen molar-refractivity contribution in [3.63, 3.8) is 0 Å². The fourth-order valence-electron chi connectivity index (χ4n) is 4.05. The minimum atomic E-state index is -3.06. The van der Waals surface area contributed by atoms with Gasteiger partial charge in [0, 0.05) is 12.2 Å². The van der Waals surface area contributed by atoms with E-state index in [1.165, 1.54) is 0 Å². The summed E-state index contributed by atoms with van der Waals surface area (Å²) in [5.41, 5.74) is 2.81. The van der Waals surface area contributed by atoms with E-state index in [9.17, 15) is 13.2 Å². The van der Waals surface area contributed by atoms with Crippen LogP contribution in [0.25, 0.3) is 0 Å². The van der Waals surface area contributed by atoms with Crippen LogP contribution in [0.15, 0.2) is 24.3 Å². The molecule has 2 aromatic rings. The van der Waals surface area contributed by atoms with Crippen molar-refractivity contribution in [3.8, 4) is 0 Å². The highest BCUT2D eigenvalue weighted by atomic mass is 35.5. The second-order valence-electron chi connectivity index (χ2n) is 7.38. The Morgan fingerprint density at radius 1 is 1.32 bits per heavy atom. The van der Waals surface area contributed by atoms with E-state index in [1.807, 2.05) is 38.1 Å². The Balaban J connectivity index is 1.76. The van der Waals surface area contributed by atoms with Crippen LogP contribution in [0.2, 0.25) is 5.15 Å². The van der Waals surface area contributed by atoms with Crippen LogP contribution < -0.4 is 5.32 Å². The summed E-state index contributed by atoms with van der Waals surface area (Å²) in [6, 6.07) is 7.15. The normalized spacial score (nSPS) is 23.5. The number of halogens is 1. The lowest BCUT2D eigenvalue weighted by atomic mass is 10.0. The van der Waals surface area contributed by atoms with Gasteiger partial charge >= 0.3 is 0 Å². The predicted octanol–water partition coefficient (Wildman–Crippen LogP) is 3.18. The van der Waals surface area contributed by atoms with Crippen LogP contribution in [0, 0.1) is 6.92 Å². The summed E-state index contributed by atoms with van der Waals surface area (Å²) >= 11 is 6.70. The van der Waals surface area contributed by atoms with Gasteiger partial charge in [0.25, 0.3) is 5.91 Å². The molecule has 0 bridgehead atoms. The number of amides is 1. The zero-order valence-electron chi connectivity index (χ0n) is 15.9. The summed E-state index contributed by atoms with van der Waals surface area (Å²) in [4.78, 5) is 14.9. The van der Waals surface area contributed by atoms with Crippen LogP contribution >= 0.6 is 11.6 Å². The number of carbonyl (C=O) groups is 1. The lowest BCUT2D eigenvalue weighted by Gasteiger charge is -2.38. The van der Waals surface area contributed by atoms with Gasteiger partial charge in [0.05, 0.1) is 34.4 Å². The third-order valence-corrected chi connectivity index (χ3v) is 7.51. The van der Waals surface area contributed by atoms with Gasteiger partial charge in [-0.25, -0.2) is 13.1 Å². The third kappa shape index (κ3) is 3.18. The molecule has 150 valence electrons. The SMILES string of the molecule is CCCN1C(=O)c2ccccc2N[C@@H]1c1c(C)nn([C@H]2CCS(=O)(=O)C2)c1Cl. The van der Waals surface area contributed by atoms with Gasteiger partial charge in [-0.1, -0.05) is 30.7 Å². The molecular weight excluding hydrogens is 400 g/mol. The Labute approximate surface area is 169 Å². The Morgan fingerprint density at radius 2 is 2.07 bits per heavy atom. The van der Waals surface area contributed by atoms with Gasteiger partial charge < -0.3 is 10.2 Å². The molecule has 0 spiro atoms. The molecule has 0 aliphatic carbocycles. The number of hydrogen-bond acceptors (Lipinski definition) is 5. The average molecular weight is 423 g/mol. The van der Waals surface area contributed by atoms with Crippen molar-refractivity contribution >= 4 is 33.0 Å². The number of hydrogen-bond donors (Lipinski definition) is 1. The molecule has 2 atom stereocenters. The van der Waals surface area contributed by atoms with Gasteiger partial charge in [0.1, 0.15) is 11.3 Å². The van der Waals surface area contributed by atoms with E-state index in [2.05, 4.69) is 10.4 Å². The summed E-state index contributed by atoms with van der Waals surface area (Å²) in [6.07, 6.45) is 0.862. The van der Waals surface area contributed by atoms with Crippen molar-refractivity contribution < 1.29 is 13.2 Å². The smallest absolute Gasteiger partial charge is 0.257 e. The molecule has 3 heterocycles. The summed E-state index contributed by atoms with van der Waals surface area (Å²) in [7, 11) is -3.06. The minimum Gasteiger partial charge on any atom is -0.361 e. The number of benzene rings is 1. The fraction of sp³-hybridized carbons (Fsp3) is 0.474. The molecule has 28 heavy (non-hydrogen) atoms. The second kappa shape index (κ2) is 7.08. The monoisotopic (exact) mass is 422 g/mol. The highest BCUT2D eigenvalue weighted by Crippen LogP contribution is 2.39. The number of nitrogens with one attached hydrogen (secondary N) is 1. The molecule has 1 fully saturated rings. The highest BCUT2D eigenvalue weighted by molar-refractivity contribution is 7.91. The number of para-hydroxylation sites is 1. The number of rotatable bonds is 4. The number of nitrogens with zero attached hydrogens (tertiary/aromatic N) is 3. The molecule has 1 amide bonds. The van der Waals surface area contributed by atoms with E-state index in [-0.39, 0.29) is 23.5 Å². The van der Waals surface area contributed by atoms with Gasteiger partial charge in [-0.2, -0.15) is 5.10 Å². The number of carbonyl (C=O) groups excluding carboxylic acids is 1.